The average molecular weight is 349 g/mol. The topological polar surface area (TPSA) is 30.7 Å². The maximum Gasteiger partial charge on any atom is 0.159 e. The Morgan fingerprint density at radius 1 is 0.852 bits per heavy atom. The van der Waals surface area contributed by atoms with Crippen LogP contribution in [0, 0.1) is 6.92 Å². The lowest BCUT2D eigenvalue weighted by Crippen LogP contribution is -1.98. The molecule has 0 spiro atoms. The zero-order valence-electron chi connectivity index (χ0n) is 15.1. The summed E-state index contributed by atoms with van der Waals surface area (Å²) in [5.74, 6) is 0.766. The van der Waals surface area contributed by atoms with Crippen molar-refractivity contribution in [3.05, 3.63) is 96.3 Å². The van der Waals surface area contributed by atoms with Crippen molar-refractivity contribution in [2.75, 3.05) is 0 Å². The molecule has 5 aromatic rings. The minimum absolute atomic E-state index is 0.766. The van der Waals surface area contributed by atoms with Crippen LogP contribution in [0.2, 0.25) is 0 Å². The smallest absolute Gasteiger partial charge is 0.159 e. The predicted molar refractivity (Wildman–Crippen MR) is 111 cm³/mol. The summed E-state index contributed by atoms with van der Waals surface area (Å²) >= 11 is 0. The highest BCUT2D eigenvalue weighted by Crippen LogP contribution is 2.22. The first-order valence-corrected chi connectivity index (χ1v) is 9.13. The van der Waals surface area contributed by atoms with Gasteiger partial charge in [-0.05, 0) is 36.2 Å². The largest absolute Gasteiger partial charge is 0.343 e. The van der Waals surface area contributed by atoms with Gasteiger partial charge in [0.15, 0.2) is 5.82 Å². The number of aryl methyl sites for hydroxylation is 1. The Kier molecular flexibility index (Phi) is 3.72. The lowest BCUT2D eigenvalue weighted by molar-refractivity contribution is 0.837. The summed E-state index contributed by atoms with van der Waals surface area (Å²) in [6.45, 7) is 3.01. The molecular formula is C24H19N3. The van der Waals surface area contributed by atoms with Gasteiger partial charge in [0, 0.05) is 40.8 Å². The average Bonchev–Trinajstić information content (AvgIpc) is 3.12. The Hall–Kier alpha value is -3.46. The van der Waals surface area contributed by atoms with Crippen molar-refractivity contribution in [2.45, 2.75) is 13.5 Å². The highest BCUT2D eigenvalue weighted by Gasteiger charge is 2.06. The van der Waals surface area contributed by atoms with Gasteiger partial charge in [-0.1, -0.05) is 54.6 Å². The minimum atomic E-state index is 0.766. The third-order valence-electron chi connectivity index (χ3n) is 5.09. The molecule has 0 aliphatic heterocycles. The molecule has 0 bridgehead atoms. The zero-order valence-corrected chi connectivity index (χ0v) is 15.1. The Morgan fingerprint density at radius 3 is 2.59 bits per heavy atom. The maximum atomic E-state index is 4.69. The van der Waals surface area contributed by atoms with Gasteiger partial charge >= 0.3 is 0 Å². The molecule has 27 heavy (non-hydrogen) atoms. The predicted octanol–water partition coefficient (Wildman–Crippen LogP) is 5.61. The first kappa shape index (κ1) is 15.8. The Balaban J connectivity index is 1.44. The monoisotopic (exact) mass is 349 g/mol. The summed E-state index contributed by atoms with van der Waals surface area (Å²) < 4.78 is 2.30. The molecule has 0 fully saturated rings. The van der Waals surface area contributed by atoms with Crippen molar-refractivity contribution in [3.63, 3.8) is 0 Å². The first-order valence-electron chi connectivity index (χ1n) is 9.13. The van der Waals surface area contributed by atoms with E-state index in [1.165, 1.54) is 22.0 Å². The number of nitrogens with zero attached hydrogens (tertiary/aromatic N) is 3. The van der Waals surface area contributed by atoms with Crippen LogP contribution in [-0.2, 0) is 6.54 Å². The van der Waals surface area contributed by atoms with Crippen LogP contribution in [0.25, 0.3) is 33.2 Å². The second-order valence-corrected chi connectivity index (χ2v) is 6.90. The molecule has 0 aliphatic rings. The van der Waals surface area contributed by atoms with Gasteiger partial charge in [0.05, 0.1) is 5.52 Å². The van der Waals surface area contributed by atoms with Gasteiger partial charge in [0.25, 0.3) is 0 Å². The lowest BCUT2D eigenvalue weighted by atomic mass is 10.1. The number of aromatic nitrogens is 3. The molecule has 0 atom stereocenters. The summed E-state index contributed by atoms with van der Waals surface area (Å²) in [6.07, 6.45) is 4.05. The lowest BCUT2D eigenvalue weighted by Gasteiger charge is -2.08. The molecule has 0 amide bonds. The van der Waals surface area contributed by atoms with E-state index in [2.05, 4.69) is 76.2 Å². The van der Waals surface area contributed by atoms with Crippen molar-refractivity contribution >= 4 is 21.8 Å². The van der Waals surface area contributed by atoms with Crippen molar-refractivity contribution in [1.29, 1.82) is 0 Å². The first-order chi connectivity index (χ1) is 13.3. The molecule has 2 heterocycles. The minimum Gasteiger partial charge on any atom is -0.343 e. The van der Waals surface area contributed by atoms with E-state index in [1.807, 2.05) is 30.5 Å². The maximum absolute atomic E-state index is 4.69. The van der Waals surface area contributed by atoms with E-state index in [4.69, 9.17) is 0 Å². The molecule has 3 heteroatoms. The molecule has 0 N–H and O–H groups in total. The van der Waals surface area contributed by atoms with Crippen LogP contribution < -0.4 is 0 Å². The summed E-state index contributed by atoms with van der Waals surface area (Å²) in [7, 11) is 0. The molecule has 0 radical (unpaired) electrons. The van der Waals surface area contributed by atoms with Crippen LogP contribution in [0.3, 0.4) is 0 Å². The standard InChI is InChI=1S/C24H19N3/c1-17-5-4-8-23-21(17)13-14-27(23)16-18-9-11-19(12-10-18)24-25-15-20-6-2-3-7-22(20)26-24/h2-15H,16H2,1H3. The van der Waals surface area contributed by atoms with Gasteiger partial charge < -0.3 is 4.57 Å². The van der Waals surface area contributed by atoms with Crippen LogP contribution in [-0.4, -0.2) is 14.5 Å². The van der Waals surface area contributed by atoms with Crippen LogP contribution in [0.4, 0.5) is 0 Å². The third-order valence-corrected chi connectivity index (χ3v) is 5.09. The summed E-state index contributed by atoms with van der Waals surface area (Å²) in [5.41, 5.74) is 5.86. The second kappa shape index (κ2) is 6.36. The number of hydrogen-bond donors (Lipinski definition) is 0. The van der Waals surface area contributed by atoms with E-state index >= 15 is 0 Å². The zero-order chi connectivity index (χ0) is 18.2. The Morgan fingerprint density at radius 2 is 1.70 bits per heavy atom. The number of rotatable bonds is 3. The number of hydrogen-bond acceptors (Lipinski definition) is 2. The molecular weight excluding hydrogens is 330 g/mol. The van der Waals surface area contributed by atoms with E-state index in [-0.39, 0.29) is 0 Å². The van der Waals surface area contributed by atoms with Crippen LogP contribution >= 0.6 is 0 Å². The molecule has 130 valence electrons. The van der Waals surface area contributed by atoms with Gasteiger partial charge in [0.2, 0.25) is 0 Å². The molecule has 0 aliphatic carbocycles. The highest BCUT2D eigenvalue weighted by molar-refractivity contribution is 5.83. The van der Waals surface area contributed by atoms with Crippen molar-refractivity contribution in [2.24, 2.45) is 0 Å². The number of benzene rings is 3. The Labute approximate surface area is 157 Å². The van der Waals surface area contributed by atoms with E-state index in [1.54, 1.807) is 0 Å². The SMILES string of the molecule is Cc1cccc2c1ccn2Cc1ccc(-c2ncc3ccccc3n2)cc1. The number of para-hydroxylation sites is 1. The molecule has 3 aromatic carbocycles. The van der Waals surface area contributed by atoms with Gasteiger partial charge in [0.1, 0.15) is 0 Å². The molecule has 2 aromatic heterocycles. The number of fused-ring (bicyclic) bond motifs is 2. The molecule has 0 saturated carbocycles. The summed E-state index contributed by atoms with van der Waals surface area (Å²) in [4.78, 5) is 9.20. The fourth-order valence-electron chi connectivity index (χ4n) is 3.58. The summed E-state index contributed by atoms with van der Waals surface area (Å²) in [5, 5.41) is 2.38. The highest BCUT2D eigenvalue weighted by atomic mass is 14.9. The van der Waals surface area contributed by atoms with Gasteiger partial charge in [-0.2, -0.15) is 0 Å². The molecule has 0 saturated heterocycles. The van der Waals surface area contributed by atoms with E-state index in [0.717, 1.165) is 28.8 Å². The van der Waals surface area contributed by atoms with Gasteiger partial charge in [-0.15, -0.1) is 0 Å². The molecule has 3 nitrogen and oxygen atoms in total. The van der Waals surface area contributed by atoms with Gasteiger partial charge in [-0.3, -0.25) is 0 Å². The van der Waals surface area contributed by atoms with Crippen molar-refractivity contribution in [3.8, 4) is 11.4 Å². The Bertz CT molecular complexity index is 1250. The molecule has 0 unspecified atom stereocenters. The van der Waals surface area contributed by atoms with Crippen LogP contribution in [0.5, 0.6) is 0 Å². The third kappa shape index (κ3) is 2.87. The van der Waals surface area contributed by atoms with Crippen molar-refractivity contribution in [1.82, 2.24) is 14.5 Å². The fraction of sp³-hybridized carbons (Fsp3) is 0.0833. The van der Waals surface area contributed by atoms with Crippen molar-refractivity contribution < 1.29 is 0 Å². The summed E-state index contributed by atoms with van der Waals surface area (Å²) in [6, 6.07) is 25.3. The van der Waals surface area contributed by atoms with E-state index < -0.39 is 0 Å². The van der Waals surface area contributed by atoms with Crippen LogP contribution in [0.15, 0.2) is 85.2 Å². The van der Waals surface area contributed by atoms with E-state index in [0.29, 0.717) is 0 Å². The quantitative estimate of drug-likeness (QED) is 0.424. The fourth-order valence-corrected chi connectivity index (χ4v) is 3.58. The normalized spacial score (nSPS) is 11.3. The van der Waals surface area contributed by atoms with Gasteiger partial charge in [-0.25, -0.2) is 9.97 Å². The second-order valence-electron chi connectivity index (χ2n) is 6.90. The van der Waals surface area contributed by atoms with E-state index in [9.17, 15) is 0 Å². The van der Waals surface area contributed by atoms with Crippen LogP contribution in [0.1, 0.15) is 11.1 Å². The molecule has 5 rings (SSSR count).